The van der Waals surface area contributed by atoms with Gasteiger partial charge >= 0.3 is 0 Å². The molecule has 4 atom stereocenters. The van der Waals surface area contributed by atoms with Gasteiger partial charge in [-0.2, -0.15) is 0 Å². The van der Waals surface area contributed by atoms with Gasteiger partial charge in [0.15, 0.2) is 0 Å². The Bertz CT molecular complexity index is 474. The first-order valence-electron chi connectivity index (χ1n) is 6.83. The molecule has 0 aromatic heterocycles. The summed E-state index contributed by atoms with van der Waals surface area (Å²) in [5.74, 6) is -0.300. The smallest absolute Gasteiger partial charge is 0.123 e. The Morgan fingerprint density at radius 3 is 2.58 bits per heavy atom. The first kappa shape index (κ1) is 13.0. The van der Waals surface area contributed by atoms with E-state index in [0.29, 0.717) is 12.1 Å². The molecule has 2 saturated heterocycles. The van der Waals surface area contributed by atoms with Crippen LogP contribution in [0, 0.1) is 11.2 Å². The first-order chi connectivity index (χ1) is 8.99. The second-order valence-corrected chi connectivity index (χ2v) is 5.97. The Hall–Kier alpha value is -0.970. The molecule has 2 heterocycles. The molecule has 4 heteroatoms. The Kier molecular flexibility index (Phi) is 2.93. The molecule has 3 nitrogen and oxygen atoms in total. The van der Waals surface area contributed by atoms with Crippen molar-refractivity contribution in [2.24, 2.45) is 11.1 Å². The van der Waals surface area contributed by atoms with Crippen molar-refractivity contribution in [1.29, 1.82) is 0 Å². The van der Waals surface area contributed by atoms with Crippen LogP contribution in [0.25, 0.3) is 0 Å². The summed E-state index contributed by atoms with van der Waals surface area (Å²) >= 11 is 0. The lowest BCUT2D eigenvalue weighted by atomic mass is 9.61. The van der Waals surface area contributed by atoms with E-state index in [0.717, 1.165) is 19.3 Å². The minimum absolute atomic E-state index is 0.00236. The Morgan fingerprint density at radius 1 is 1.42 bits per heavy atom. The monoisotopic (exact) mass is 265 g/mol. The fourth-order valence-corrected chi connectivity index (χ4v) is 3.79. The average molecular weight is 265 g/mol. The minimum atomic E-state index is -1.10. The molecule has 0 spiro atoms. The molecule has 0 radical (unpaired) electrons. The molecule has 0 aliphatic carbocycles. The van der Waals surface area contributed by atoms with Crippen LogP contribution in [0.3, 0.4) is 0 Å². The number of hydrogen-bond acceptors (Lipinski definition) is 3. The van der Waals surface area contributed by atoms with Gasteiger partial charge < -0.3 is 15.6 Å². The molecule has 2 aliphatic heterocycles. The molecule has 3 N–H and O–H groups in total. The van der Waals surface area contributed by atoms with Crippen LogP contribution in [-0.4, -0.2) is 23.9 Å². The highest BCUT2D eigenvalue weighted by atomic mass is 19.1. The predicted molar refractivity (Wildman–Crippen MR) is 70.0 cm³/mol. The SMILES string of the molecule is CC(O)(c1ccc(F)cc1)C1(CN)CC2CCC1O2. The van der Waals surface area contributed by atoms with E-state index in [1.807, 2.05) is 0 Å². The number of aliphatic hydroxyl groups is 1. The predicted octanol–water partition coefficient (Wildman–Crippen LogP) is 1.93. The third-order valence-electron chi connectivity index (χ3n) is 5.06. The third kappa shape index (κ3) is 1.74. The summed E-state index contributed by atoms with van der Waals surface area (Å²) in [7, 11) is 0. The maximum atomic E-state index is 13.0. The van der Waals surface area contributed by atoms with Crippen molar-refractivity contribution >= 4 is 0 Å². The van der Waals surface area contributed by atoms with Crippen molar-refractivity contribution in [2.45, 2.75) is 44.0 Å². The number of benzene rings is 1. The second kappa shape index (κ2) is 4.27. The Morgan fingerprint density at radius 2 is 2.11 bits per heavy atom. The van der Waals surface area contributed by atoms with Gasteiger partial charge in [0.1, 0.15) is 5.82 Å². The molecule has 19 heavy (non-hydrogen) atoms. The van der Waals surface area contributed by atoms with Crippen molar-refractivity contribution < 1.29 is 14.2 Å². The van der Waals surface area contributed by atoms with Crippen LogP contribution in [-0.2, 0) is 10.3 Å². The number of halogens is 1. The van der Waals surface area contributed by atoms with Gasteiger partial charge in [0.05, 0.1) is 17.8 Å². The summed E-state index contributed by atoms with van der Waals surface area (Å²) in [4.78, 5) is 0. The Labute approximate surface area is 112 Å². The van der Waals surface area contributed by atoms with Gasteiger partial charge in [0.2, 0.25) is 0 Å². The van der Waals surface area contributed by atoms with Crippen molar-refractivity contribution in [3.63, 3.8) is 0 Å². The number of rotatable bonds is 3. The third-order valence-corrected chi connectivity index (χ3v) is 5.06. The van der Waals surface area contributed by atoms with Crippen LogP contribution in [0.1, 0.15) is 31.7 Å². The summed E-state index contributed by atoms with van der Waals surface area (Å²) in [6, 6.07) is 6.03. The molecular formula is C15H20FNO2. The highest BCUT2D eigenvalue weighted by molar-refractivity contribution is 5.28. The summed E-state index contributed by atoms with van der Waals surface area (Å²) in [5.41, 5.74) is 5.13. The lowest BCUT2D eigenvalue weighted by Gasteiger charge is -2.46. The van der Waals surface area contributed by atoms with Gasteiger partial charge in [0, 0.05) is 12.0 Å². The maximum Gasteiger partial charge on any atom is 0.123 e. The van der Waals surface area contributed by atoms with E-state index < -0.39 is 11.0 Å². The van der Waals surface area contributed by atoms with Crippen molar-refractivity contribution in [1.82, 2.24) is 0 Å². The molecule has 0 saturated carbocycles. The number of ether oxygens (including phenoxy) is 1. The van der Waals surface area contributed by atoms with E-state index in [-0.39, 0.29) is 18.0 Å². The van der Waals surface area contributed by atoms with Crippen LogP contribution in [0.4, 0.5) is 4.39 Å². The minimum Gasteiger partial charge on any atom is -0.385 e. The van der Waals surface area contributed by atoms with Gasteiger partial charge in [0.25, 0.3) is 0 Å². The van der Waals surface area contributed by atoms with Gasteiger partial charge in [-0.05, 0) is 43.9 Å². The average Bonchev–Trinajstić information content (AvgIpc) is 3.00. The number of nitrogens with two attached hydrogens (primary N) is 1. The second-order valence-electron chi connectivity index (χ2n) is 5.97. The van der Waals surface area contributed by atoms with E-state index in [4.69, 9.17) is 10.5 Å². The van der Waals surface area contributed by atoms with Crippen molar-refractivity contribution in [2.75, 3.05) is 6.54 Å². The van der Waals surface area contributed by atoms with E-state index >= 15 is 0 Å². The summed E-state index contributed by atoms with van der Waals surface area (Å²) in [5, 5.41) is 11.1. The molecule has 1 aromatic rings. The van der Waals surface area contributed by atoms with Crippen LogP contribution in [0.5, 0.6) is 0 Å². The summed E-state index contributed by atoms with van der Waals surface area (Å²) < 4.78 is 18.9. The quantitative estimate of drug-likeness (QED) is 0.878. The van der Waals surface area contributed by atoms with Crippen molar-refractivity contribution in [3.8, 4) is 0 Å². The van der Waals surface area contributed by atoms with Crippen LogP contribution in [0.15, 0.2) is 24.3 Å². The highest BCUT2D eigenvalue weighted by Crippen LogP contribution is 2.56. The van der Waals surface area contributed by atoms with Crippen LogP contribution >= 0.6 is 0 Å². The van der Waals surface area contributed by atoms with E-state index in [1.54, 1.807) is 19.1 Å². The zero-order valence-electron chi connectivity index (χ0n) is 11.1. The standard InChI is InChI=1S/C15H20FNO2/c1-14(18,10-2-4-11(16)5-3-10)15(9-17)8-12-6-7-13(15)19-12/h2-5,12-13,18H,6-9,17H2,1H3. The maximum absolute atomic E-state index is 13.0. The van der Waals surface area contributed by atoms with Crippen molar-refractivity contribution in [3.05, 3.63) is 35.6 Å². The molecule has 0 amide bonds. The fourth-order valence-electron chi connectivity index (χ4n) is 3.79. The molecule has 2 aliphatic rings. The normalized spacial score (nSPS) is 36.4. The van der Waals surface area contributed by atoms with Gasteiger partial charge in [-0.3, -0.25) is 0 Å². The van der Waals surface area contributed by atoms with E-state index in [1.165, 1.54) is 12.1 Å². The molecule has 3 rings (SSSR count). The molecular weight excluding hydrogens is 245 g/mol. The van der Waals surface area contributed by atoms with Crippen LogP contribution < -0.4 is 5.73 Å². The molecule has 1 aromatic carbocycles. The molecule has 104 valence electrons. The fraction of sp³-hybridized carbons (Fsp3) is 0.600. The van der Waals surface area contributed by atoms with E-state index in [9.17, 15) is 9.50 Å². The zero-order valence-corrected chi connectivity index (χ0v) is 11.1. The van der Waals surface area contributed by atoms with E-state index in [2.05, 4.69) is 0 Å². The highest BCUT2D eigenvalue weighted by Gasteiger charge is 2.60. The molecule has 2 bridgehead atoms. The molecule has 2 fully saturated rings. The summed E-state index contributed by atoms with van der Waals surface area (Å²) in [6.07, 6.45) is 2.98. The van der Waals surface area contributed by atoms with Crippen LogP contribution in [0.2, 0.25) is 0 Å². The van der Waals surface area contributed by atoms with Gasteiger partial charge in [-0.15, -0.1) is 0 Å². The lowest BCUT2D eigenvalue weighted by molar-refractivity contribution is -0.105. The Balaban J connectivity index is 2.00. The lowest BCUT2D eigenvalue weighted by Crippen LogP contribution is -2.54. The van der Waals surface area contributed by atoms with Gasteiger partial charge in [-0.25, -0.2) is 4.39 Å². The largest absolute Gasteiger partial charge is 0.385 e. The zero-order chi connectivity index (χ0) is 13.7. The topological polar surface area (TPSA) is 55.5 Å². The van der Waals surface area contributed by atoms with Gasteiger partial charge in [-0.1, -0.05) is 12.1 Å². The summed E-state index contributed by atoms with van der Waals surface area (Å²) in [6.45, 7) is 2.15. The number of hydrogen-bond donors (Lipinski definition) is 2. The molecule has 4 unspecified atom stereocenters. The number of fused-ring (bicyclic) bond motifs is 2. The first-order valence-corrected chi connectivity index (χ1v) is 6.83.